The predicted molar refractivity (Wildman–Crippen MR) is 340 cm³/mol. The summed E-state index contributed by atoms with van der Waals surface area (Å²) in [6, 6.07) is 116. The molecule has 2 heteroatoms. The topological polar surface area (TPSA) is 9.86 Å². The third-order valence-electron chi connectivity index (χ3n) is 17.3. The molecule has 0 aliphatic heterocycles. The fraction of sp³-hybridized carbons (Fsp3) is 0.0127. The van der Waals surface area contributed by atoms with Gasteiger partial charge in [-0.05, 0) is 144 Å². The average Bonchev–Trinajstić information content (AvgIpc) is 4.35. The lowest BCUT2D eigenvalue weighted by Crippen LogP contribution is -2.28. The number of nitrogens with zero attached hydrogens (tertiary/aromatic N) is 2. The van der Waals surface area contributed by atoms with E-state index in [9.17, 15) is 0 Å². The first-order valence-electron chi connectivity index (χ1n) is 28.1. The van der Waals surface area contributed by atoms with Crippen LogP contribution in [0.4, 0.5) is 0 Å². The zero-order chi connectivity index (χ0) is 53.4. The van der Waals surface area contributed by atoms with Crippen molar-refractivity contribution in [1.29, 1.82) is 0 Å². The Hall–Kier alpha value is -10.5. The molecule has 2 aromatic heterocycles. The molecule has 0 saturated carbocycles. The molecule has 2 nitrogen and oxygen atoms in total. The van der Waals surface area contributed by atoms with Gasteiger partial charge in [-0.1, -0.05) is 255 Å². The van der Waals surface area contributed by atoms with Gasteiger partial charge in [0.05, 0.1) is 33.2 Å². The molecule has 0 bridgehead atoms. The molecule has 0 N–H and O–H groups in total. The Bertz CT molecular complexity index is 4840. The number of aromatic nitrogens is 2. The van der Waals surface area contributed by atoms with E-state index in [4.69, 9.17) is 0 Å². The number of para-hydroxylation sites is 3. The summed E-state index contributed by atoms with van der Waals surface area (Å²) in [4.78, 5) is 0. The Balaban J connectivity index is 0.715. The van der Waals surface area contributed by atoms with Gasteiger partial charge in [-0.2, -0.15) is 0 Å². The molecule has 1 aliphatic carbocycles. The van der Waals surface area contributed by atoms with E-state index in [1.807, 2.05) is 0 Å². The van der Waals surface area contributed by atoms with Crippen LogP contribution in [0.15, 0.2) is 315 Å². The number of hydrogen-bond acceptors (Lipinski definition) is 0. The Morgan fingerprint density at radius 2 is 0.593 bits per heavy atom. The molecule has 16 rings (SSSR count). The van der Waals surface area contributed by atoms with E-state index < -0.39 is 5.41 Å². The Kier molecular flexibility index (Phi) is 10.8. The Morgan fingerprint density at radius 1 is 0.210 bits per heavy atom. The van der Waals surface area contributed by atoms with Crippen molar-refractivity contribution < 1.29 is 0 Å². The van der Waals surface area contributed by atoms with Gasteiger partial charge < -0.3 is 9.13 Å². The summed E-state index contributed by atoms with van der Waals surface area (Å²) in [6.45, 7) is 0. The maximum Gasteiger partial charge on any atom is 0.0713 e. The van der Waals surface area contributed by atoms with Crippen LogP contribution in [0.3, 0.4) is 0 Å². The first-order valence-corrected chi connectivity index (χ1v) is 28.1. The minimum absolute atomic E-state index is 0.435. The molecule has 0 radical (unpaired) electrons. The van der Waals surface area contributed by atoms with Crippen molar-refractivity contribution in [3.63, 3.8) is 0 Å². The summed E-state index contributed by atoms with van der Waals surface area (Å²) in [5.41, 5.74) is 26.4. The normalized spacial score (nSPS) is 12.5. The van der Waals surface area contributed by atoms with Gasteiger partial charge in [0, 0.05) is 32.8 Å². The third-order valence-corrected chi connectivity index (χ3v) is 17.3. The first-order chi connectivity index (χ1) is 40.2. The van der Waals surface area contributed by atoms with Gasteiger partial charge in [-0.25, -0.2) is 0 Å². The molecule has 378 valence electrons. The van der Waals surface area contributed by atoms with Crippen molar-refractivity contribution >= 4 is 43.6 Å². The maximum absolute atomic E-state index is 2.46. The number of rotatable bonds is 9. The summed E-state index contributed by atoms with van der Waals surface area (Å²) in [5, 5.41) is 4.95. The molecule has 15 aromatic rings. The van der Waals surface area contributed by atoms with Crippen LogP contribution in [0, 0.1) is 0 Å². The molecule has 0 spiro atoms. The number of hydrogen-bond donors (Lipinski definition) is 0. The van der Waals surface area contributed by atoms with E-state index in [1.54, 1.807) is 0 Å². The van der Waals surface area contributed by atoms with Gasteiger partial charge in [0.2, 0.25) is 0 Å². The summed E-state index contributed by atoms with van der Waals surface area (Å²) < 4.78 is 4.86. The zero-order valence-electron chi connectivity index (χ0n) is 44.4. The monoisotopic (exact) mass is 1030 g/mol. The van der Waals surface area contributed by atoms with Gasteiger partial charge in [0.25, 0.3) is 0 Å². The smallest absolute Gasteiger partial charge is 0.0713 e. The van der Waals surface area contributed by atoms with Crippen molar-refractivity contribution in [2.24, 2.45) is 0 Å². The van der Waals surface area contributed by atoms with Gasteiger partial charge in [0.1, 0.15) is 0 Å². The number of benzene rings is 13. The summed E-state index contributed by atoms with van der Waals surface area (Å²) in [5.74, 6) is 0. The lowest BCUT2D eigenvalue weighted by Gasteiger charge is -2.34. The lowest BCUT2D eigenvalue weighted by molar-refractivity contribution is 0.769. The minimum atomic E-state index is -0.435. The zero-order valence-corrected chi connectivity index (χ0v) is 44.4. The fourth-order valence-electron chi connectivity index (χ4n) is 13.5. The average molecular weight is 1030 g/mol. The Morgan fingerprint density at radius 3 is 1.20 bits per heavy atom. The number of fused-ring (bicyclic) bond motifs is 9. The van der Waals surface area contributed by atoms with E-state index in [-0.39, 0.29) is 0 Å². The molecular formula is C79H52N2. The second-order valence-corrected chi connectivity index (χ2v) is 21.5. The van der Waals surface area contributed by atoms with Gasteiger partial charge in [-0.15, -0.1) is 0 Å². The molecule has 0 atom stereocenters. The molecule has 13 aromatic carbocycles. The Labute approximate surface area is 471 Å². The van der Waals surface area contributed by atoms with Crippen LogP contribution in [0.5, 0.6) is 0 Å². The lowest BCUT2D eigenvalue weighted by atomic mass is 9.67. The quantitative estimate of drug-likeness (QED) is 0.136. The molecule has 0 fully saturated rings. The third kappa shape index (κ3) is 7.42. The van der Waals surface area contributed by atoms with Crippen molar-refractivity contribution in [2.75, 3.05) is 0 Å². The highest BCUT2D eigenvalue weighted by Gasteiger charge is 2.46. The van der Waals surface area contributed by atoms with Crippen molar-refractivity contribution in [2.45, 2.75) is 5.41 Å². The van der Waals surface area contributed by atoms with Crippen LogP contribution in [-0.2, 0) is 5.41 Å². The van der Waals surface area contributed by atoms with Gasteiger partial charge in [0.15, 0.2) is 0 Å². The van der Waals surface area contributed by atoms with E-state index in [0.717, 1.165) is 11.4 Å². The highest BCUT2D eigenvalue weighted by atomic mass is 15.0. The second-order valence-electron chi connectivity index (χ2n) is 21.5. The van der Waals surface area contributed by atoms with Crippen molar-refractivity contribution in [3.05, 3.63) is 338 Å². The molecule has 0 amide bonds. The highest BCUT2D eigenvalue weighted by Crippen LogP contribution is 2.56. The van der Waals surface area contributed by atoms with E-state index in [0.29, 0.717) is 0 Å². The highest BCUT2D eigenvalue weighted by molar-refractivity contribution is 6.13. The molecule has 0 unspecified atom stereocenters. The van der Waals surface area contributed by atoms with E-state index in [1.165, 1.54) is 133 Å². The fourth-order valence-corrected chi connectivity index (χ4v) is 13.5. The summed E-state index contributed by atoms with van der Waals surface area (Å²) in [6.07, 6.45) is 0. The largest absolute Gasteiger partial charge is 0.309 e. The predicted octanol–water partition coefficient (Wildman–Crippen LogP) is 20.6. The second kappa shape index (κ2) is 18.8. The van der Waals surface area contributed by atoms with Crippen LogP contribution >= 0.6 is 0 Å². The molecule has 1 aliphatic rings. The van der Waals surface area contributed by atoms with Crippen molar-refractivity contribution in [3.8, 4) is 78.1 Å². The van der Waals surface area contributed by atoms with Crippen LogP contribution in [0.1, 0.15) is 22.3 Å². The van der Waals surface area contributed by atoms with Crippen LogP contribution in [0.25, 0.3) is 122 Å². The maximum atomic E-state index is 2.46. The van der Waals surface area contributed by atoms with E-state index >= 15 is 0 Å². The van der Waals surface area contributed by atoms with Gasteiger partial charge in [-0.3, -0.25) is 0 Å². The van der Waals surface area contributed by atoms with E-state index in [2.05, 4.69) is 325 Å². The molecule has 2 heterocycles. The minimum Gasteiger partial charge on any atom is -0.309 e. The SMILES string of the molecule is c1ccc(-c2ccc(-n3c4ccccc4c4cc(-c5ccc6c(c5)c5ccccc5n6-c5ccccc5-c5ccc(-c6ccc(-c7cccc(C8(c9ccccc9)c9ccccc9-c9ccccc98)c7)cc6)cc5)ccc43)cc2)cc1. The van der Waals surface area contributed by atoms with Crippen LogP contribution in [-0.4, -0.2) is 9.13 Å². The molecule has 81 heavy (non-hydrogen) atoms. The van der Waals surface area contributed by atoms with Crippen molar-refractivity contribution in [1.82, 2.24) is 9.13 Å². The summed E-state index contributed by atoms with van der Waals surface area (Å²) >= 11 is 0. The molecular weight excluding hydrogens is 977 g/mol. The van der Waals surface area contributed by atoms with Gasteiger partial charge >= 0.3 is 0 Å². The van der Waals surface area contributed by atoms with Crippen LogP contribution < -0.4 is 0 Å². The summed E-state index contributed by atoms with van der Waals surface area (Å²) in [7, 11) is 0. The van der Waals surface area contributed by atoms with Crippen LogP contribution in [0.2, 0.25) is 0 Å². The molecule has 0 saturated heterocycles. The standard InChI is InChI=1S/C79H52N2/c1-3-18-53(19-4-1)56-42-46-64(47-43-56)80-75-32-15-10-27-68(75)70-51-60(44-48-77(70)80)61-45-49-78-71(52-61)69-28-11-16-33-76(69)81(78)74-31-14-9-24-65(74)58-40-38-55(39-41-58)54-34-36-57(37-35-54)59-20-17-23-63(50-59)79(62-21-5-2-6-22-62)72-29-12-7-25-66(72)67-26-8-13-30-73(67)79/h1-52H. The first kappa shape index (κ1) is 46.5.